The van der Waals surface area contributed by atoms with E-state index in [1.54, 1.807) is 37.3 Å². The Bertz CT molecular complexity index is 1140. The predicted molar refractivity (Wildman–Crippen MR) is 108 cm³/mol. The number of rotatable bonds is 5. The van der Waals surface area contributed by atoms with Gasteiger partial charge in [0.15, 0.2) is 0 Å². The zero-order chi connectivity index (χ0) is 20.3. The third-order valence-electron chi connectivity index (χ3n) is 4.12. The average molecular weight is 398 g/mol. The first kappa shape index (κ1) is 19.6. The highest BCUT2D eigenvalue weighted by Gasteiger charge is 2.18. The molecule has 3 rings (SSSR count). The quantitative estimate of drug-likeness (QED) is 0.665. The molecule has 0 aliphatic heterocycles. The van der Waals surface area contributed by atoms with Gasteiger partial charge in [-0.1, -0.05) is 24.3 Å². The van der Waals surface area contributed by atoms with Gasteiger partial charge in [-0.15, -0.1) is 0 Å². The standard InChI is InChI=1S/C21H19FN2O3S/c1-14-5-3-8-18(11-14)24-28(26,27)19-10-9-15(2)20(13-19)21(25)23-17-7-4-6-16(22)12-17/h3-13,24H,1-2H3,(H,23,25). The number of amides is 1. The van der Waals surface area contributed by atoms with Crippen molar-refractivity contribution in [2.75, 3.05) is 10.0 Å². The first-order valence-corrected chi connectivity index (χ1v) is 10.00. The van der Waals surface area contributed by atoms with Crippen molar-refractivity contribution in [2.24, 2.45) is 0 Å². The lowest BCUT2D eigenvalue weighted by Gasteiger charge is -2.12. The Labute approximate surface area is 163 Å². The lowest BCUT2D eigenvalue weighted by Crippen LogP contribution is -2.17. The van der Waals surface area contributed by atoms with Gasteiger partial charge >= 0.3 is 0 Å². The molecule has 0 atom stereocenters. The molecule has 28 heavy (non-hydrogen) atoms. The van der Waals surface area contributed by atoms with Gasteiger partial charge in [-0.05, 0) is 67.4 Å². The van der Waals surface area contributed by atoms with E-state index in [9.17, 15) is 17.6 Å². The minimum Gasteiger partial charge on any atom is -0.322 e. The zero-order valence-corrected chi connectivity index (χ0v) is 16.2. The third kappa shape index (κ3) is 4.55. The van der Waals surface area contributed by atoms with Gasteiger partial charge in [-0.2, -0.15) is 0 Å². The molecule has 3 aromatic rings. The van der Waals surface area contributed by atoms with Crippen molar-refractivity contribution >= 4 is 27.3 Å². The van der Waals surface area contributed by atoms with Crippen molar-refractivity contribution in [2.45, 2.75) is 18.7 Å². The van der Waals surface area contributed by atoms with Crippen molar-refractivity contribution < 1.29 is 17.6 Å². The van der Waals surface area contributed by atoms with E-state index in [4.69, 9.17) is 0 Å². The normalized spacial score (nSPS) is 11.1. The Kier molecular flexibility index (Phi) is 5.46. The fourth-order valence-electron chi connectivity index (χ4n) is 2.70. The van der Waals surface area contributed by atoms with E-state index in [-0.39, 0.29) is 16.1 Å². The Morgan fingerprint density at radius 3 is 2.32 bits per heavy atom. The Morgan fingerprint density at radius 2 is 1.61 bits per heavy atom. The second kappa shape index (κ2) is 7.82. The highest BCUT2D eigenvalue weighted by atomic mass is 32.2. The molecule has 0 aliphatic carbocycles. The van der Waals surface area contributed by atoms with Gasteiger partial charge in [0.2, 0.25) is 0 Å². The number of aryl methyl sites for hydroxylation is 2. The maximum Gasteiger partial charge on any atom is 0.261 e. The number of halogens is 1. The van der Waals surface area contributed by atoms with E-state index >= 15 is 0 Å². The van der Waals surface area contributed by atoms with Crippen LogP contribution in [-0.2, 0) is 10.0 Å². The maximum absolute atomic E-state index is 13.3. The zero-order valence-electron chi connectivity index (χ0n) is 15.4. The number of hydrogen-bond donors (Lipinski definition) is 2. The third-order valence-corrected chi connectivity index (χ3v) is 5.50. The van der Waals surface area contributed by atoms with Gasteiger partial charge in [-0.3, -0.25) is 9.52 Å². The number of carbonyl (C=O) groups is 1. The van der Waals surface area contributed by atoms with Crippen molar-refractivity contribution in [1.29, 1.82) is 0 Å². The van der Waals surface area contributed by atoms with Gasteiger partial charge < -0.3 is 5.32 Å². The van der Waals surface area contributed by atoms with Crippen LogP contribution in [0.1, 0.15) is 21.5 Å². The molecule has 0 fully saturated rings. The second-order valence-electron chi connectivity index (χ2n) is 6.42. The summed E-state index contributed by atoms with van der Waals surface area (Å²) < 4.78 is 41.2. The molecule has 2 N–H and O–H groups in total. The summed E-state index contributed by atoms with van der Waals surface area (Å²) in [5, 5.41) is 2.58. The van der Waals surface area contributed by atoms with E-state index in [2.05, 4.69) is 10.0 Å². The van der Waals surface area contributed by atoms with E-state index in [1.807, 2.05) is 13.0 Å². The summed E-state index contributed by atoms with van der Waals surface area (Å²) in [6.07, 6.45) is 0. The molecule has 0 saturated carbocycles. The number of anilines is 2. The number of benzene rings is 3. The van der Waals surface area contributed by atoms with Crippen LogP contribution in [0.15, 0.2) is 71.6 Å². The van der Waals surface area contributed by atoms with Crippen LogP contribution in [0, 0.1) is 19.7 Å². The molecule has 0 heterocycles. The highest BCUT2D eigenvalue weighted by Crippen LogP contribution is 2.21. The van der Waals surface area contributed by atoms with Gasteiger partial charge in [0, 0.05) is 16.9 Å². The van der Waals surface area contributed by atoms with Crippen LogP contribution in [0.2, 0.25) is 0 Å². The topological polar surface area (TPSA) is 75.3 Å². The minimum atomic E-state index is -3.87. The van der Waals surface area contributed by atoms with Gasteiger partial charge in [0.25, 0.3) is 15.9 Å². The SMILES string of the molecule is Cc1cccc(NS(=O)(=O)c2ccc(C)c(C(=O)Nc3cccc(F)c3)c2)c1. The minimum absolute atomic E-state index is 0.0380. The number of nitrogens with one attached hydrogen (secondary N) is 2. The van der Waals surface area contributed by atoms with E-state index in [0.717, 1.165) is 5.56 Å². The summed E-state index contributed by atoms with van der Waals surface area (Å²) in [7, 11) is -3.87. The van der Waals surface area contributed by atoms with Gasteiger partial charge in [0.1, 0.15) is 5.82 Å². The average Bonchev–Trinajstić information content (AvgIpc) is 2.61. The summed E-state index contributed by atoms with van der Waals surface area (Å²) in [6.45, 7) is 3.56. The largest absolute Gasteiger partial charge is 0.322 e. The van der Waals surface area contributed by atoms with E-state index < -0.39 is 21.7 Å². The summed E-state index contributed by atoms with van der Waals surface area (Å²) >= 11 is 0. The number of sulfonamides is 1. The molecule has 0 radical (unpaired) electrons. The van der Waals surface area contributed by atoms with Crippen molar-refractivity contribution in [3.05, 3.63) is 89.2 Å². The Balaban J connectivity index is 1.89. The summed E-state index contributed by atoms with van der Waals surface area (Å²) in [6, 6.07) is 16.8. The summed E-state index contributed by atoms with van der Waals surface area (Å²) in [5.41, 5.74) is 2.43. The van der Waals surface area contributed by atoms with Crippen LogP contribution in [-0.4, -0.2) is 14.3 Å². The molecular formula is C21H19FN2O3S. The van der Waals surface area contributed by atoms with Gasteiger partial charge in [0.05, 0.1) is 4.90 Å². The first-order chi connectivity index (χ1) is 13.2. The Morgan fingerprint density at radius 1 is 0.893 bits per heavy atom. The molecule has 5 nitrogen and oxygen atoms in total. The lowest BCUT2D eigenvalue weighted by molar-refractivity contribution is 0.102. The van der Waals surface area contributed by atoms with Crippen LogP contribution in [0.25, 0.3) is 0 Å². The molecule has 3 aromatic carbocycles. The van der Waals surface area contributed by atoms with Crippen LogP contribution in [0.5, 0.6) is 0 Å². The number of carbonyl (C=O) groups excluding carboxylic acids is 1. The molecule has 0 spiro atoms. The fourth-order valence-corrected chi connectivity index (χ4v) is 3.78. The molecule has 144 valence electrons. The fraction of sp³-hybridized carbons (Fsp3) is 0.0952. The van der Waals surface area contributed by atoms with E-state index in [0.29, 0.717) is 11.3 Å². The van der Waals surface area contributed by atoms with Crippen LogP contribution >= 0.6 is 0 Å². The smallest absolute Gasteiger partial charge is 0.261 e. The van der Waals surface area contributed by atoms with Crippen LogP contribution in [0.4, 0.5) is 15.8 Å². The predicted octanol–water partition coefficient (Wildman–Crippen LogP) is 4.50. The van der Waals surface area contributed by atoms with Crippen LogP contribution < -0.4 is 10.0 Å². The number of hydrogen-bond acceptors (Lipinski definition) is 3. The summed E-state index contributed by atoms with van der Waals surface area (Å²) in [5.74, 6) is -0.996. The highest BCUT2D eigenvalue weighted by molar-refractivity contribution is 7.92. The first-order valence-electron chi connectivity index (χ1n) is 8.52. The van der Waals surface area contributed by atoms with Crippen molar-refractivity contribution in [3.8, 4) is 0 Å². The molecule has 1 amide bonds. The molecular weight excluding hydrogens is 379 g/mol. The van der Waals surface area contributed by atoms with Crippen molar-refractivity contribution in [1.82, 2.24) is 0 Å². The summed E-state index contributed by atoms with van der Waals surface area (Å²) in [4.78, 5) is 12.5. The molecule has 0 bridgehead atoms. The maximum atomic E-state index is 13.3. The molecule has 0 saturated heterocycles. The van der Waals surface area contributed by atoms with Gasteiger partial charge in [-0.25, -0.2) is 12.8 Å². The molecule has 7 heteroatoms. The molecule has 0 aliphatic rings. The Hall–Kier alpha value is -3.19. The van der Waals surface area contributed by atoms with Crippen molar-refractivity contribution in [3.63, 3.8) is 0 Å². The molecule has 0 unspecified atom stereocenters. The molecule has 0 aromatic heterocycles. The second-order valence-corrected chi connectivity index (χ2v) is 8.10. The van der Waals surface area contributed by atoms with E-state index in [1.165, 1.54) is 30.3 Å². The van der Waals surface area contributed by atoms with Crippen LogP contribution in [0.3, 0.4) is 0 Å². The monoisotopic (exact) mass is 398 g/mol. The lowest BCUT2D eigenvalue weighted by atomic mass is 10.1.